The number of nitrogens with zero attached hydrogens (tertiary/aromatic N) is 4. The van der Waals surface area contributed by atoms with Crippen LogP contribution in [0.25, 0.3) is 5.78 Å². The van der Waals surface area contributed by atoms with Gasteiger partial charge in [0, 0.05) is 5.56 Å². The van der Waals surface area contributed by atoms with Crippen molar-refractivity contribution in [1.82, 2.24) is 19.6 Å². The van der Waals surface area contributed by atoms with Crippen LogP contribution in [0.3, 0.4) is 0 Å². The zero-order valence-electron chi connectivity index (χ0n) is 8.68. The van der Waals surface area contributed by atoms with Crippen LogP contribution in [0, 0.1) is 0 Å². The minimum atomic E-state index is -0.178. The van der Waals surface area contributed by atoms with E-state index >= 15 is 0 Å². The first-order chi connectivity index (χ1) is 7.79. The topological polar surface area (TPSA) is 63.3 Å². The number of hydrogen-bond acceptors (Lipinski definition) is 4. The Morgan fingerprint density at radius 1 is 1.25 bits per heavy atom. The number of aromatic nitrogens is 4. The Labute approximate surface area is 97.9 Å². The van der Waals surface area contributed by atoms with E-state index in [1.165, 1.54) is 0 Å². The maximum Gasteiger partial charge on any atom is 0.254 e. The normalized spacial score (nSPS) is 15.3. The summed E-state index contributed by atoms with van der Waals surface area (Å²) >= 11 is 5.38. The maximum absolute atomic E-state index is 8.99. The van der Waals surface area contributed by atoms with Gasteiger partial charge in [-0.2, -0.15) is 9.50 Å². The Morgan fingerprint density at radius 2 is 2.06 bits per heavy atom. The van der Waals surface area contributed by atoms with Gasteiger partial charge in [-0.1, -0.05) is 12.6 Å². The summed E-state index contributed by atoms with van der Waals surface area (Å²) < 4.78 is 1.56. The molecule has 3 rings (SSSR count). The number of fused-ring (bicyclic) bond motifs is 2. The van der Waals surface area contributed by atoms with Crippen LogP contribution >= 0.6 is 12.6 Å². The Bertz CT molecular complexity index is 551. The van der Waals surface area contributed by atoms with Gasteiger partial charge in [-0.25, -0.2) is 4.98 Å². The summed E-state index contributed by atoms with van der Waals surface area (Å²) in [6.45, 7) is -0.178. The molecule has 1 aliphatic carbocycles. The van der Waals surface area contributed by atoms with E-state index in [0.29, 0.717) is 16.6 Å². The average Bonchev–Trinajstić information content (AvgIpc) is 2.73. The Morgan fingerprint density at radius 3 is 2.88 bits per heavy atom. The number of aliphatic hydroxyl groups is 1. The molecule has 0 atom stereocenters. The minimum Gasteiger partial charge on any atom is -0.388 e. The van der Waals surface area contributed by atoms with Crippen molar-refractivity contribution in [2.75, 3.05) is 0 Å². The predicted molar refractivity (Wildman–Crippen MR) is 59.2 cm³/mol. The molecule has 0 spiro atoms. The lowest BCUT2D eigenvalue weighted by Gasteiger charge is -2.15. The van der Waals surface area contributed by atoms with Crippen molar-refractivity contribution < 1.29 is 5.11 Å². The molecule has 5 nitrogen and oxygen atoms in total. The summed E-state index contributed by atoms with van der Waals surface area (Å²) in [5.74, 6) is 0.885. The molecule has 0 bridgehead atoms. The average molecular weight is 235 g/mol. The molecule has 0 unspecified atom stereocenters. The highest BCUT2D eigenvalue weighted by molar-refractivity contribution is 7.80. The van der Waals surface area contributed by atoms with Gasteiger partial charge in [0.15, 0.2) is 5.82 Å². The van der Waals surface area contributed by atoms with E-state index in [1.54, 1.807) is 4.52 Å². The van der Waals surface area contributed by atoms with E-state index in [-0.39, 0.29) is 6.61 Å². The molecule has 2 aromatic heterocycles. The van der Waals surface area contributed by atoms with E-state index in [0.717, 1.165) is 36.9 Å². The SMILES string of the molecule is OCc1nc2nc3c(c([S])n2n1)CCCC3. The van der Waals surface area contributed by atoms with Crippen molar-refractivity contribution in [3.63, 3.8) is 0 Å². The third-order valence-corrected chi connectivity index (χ3v) is 3.32. The summed E-state index contributed by atoms with van der Waals surface area (Å²) in [7, 11) is 0. The first kappa shape index (κ1) is 9.92. The molecule has 0 fully saturated rings. The number of rotatable bonds is 1. The minimum absolute atomic E-state index is 0.178. The van der Waals surface area contributed by atoms with Gasteiger partial charge < -0.3 is 5.11 Å². The molecule has 2 heterocycles. The van der Waals surface area contributed by atoms with Gasteiger partial charge in [-0.3, -0.25) is 0 Å². The Balaban J connectivity index is 2.28. The number of aliphatic hydroxyl groups excluding tert-OH is 1. The van der Waals surface area contributed by atoms with Crippen LogP contribution in [0.1, 0.15) is 29.9 Å². The third kappa shape index (κ3) is 1.37. The smallest absolute Gasteiger partial charge is 0.254 e. The summed E-state index contributed by atoms with van der Waals surface area (Å²) in [6.07, 6.45) is 4.26. The highest BCUT2D eigenvalue weighted by Crippen LogP contribution is 2.25. The van der Waals surface area contributed by atoms with Crippen molar-refractivity contribution in [2.45, 2.75) is 37.3 Å². The number of hydrogen-bond donors (Lipinski definition) is 1. The molecular formula is C10H11N4OS. The first-order valence-electron chi connectivity index (χ1n) is 5.35. The second kappa shape index (κ2) is 3.64. The van der Waals surface area contributed by atoms with Gasteiger partial charge in [-0.05, 0) is 25.7 Å². The summed E-state index contributed by atoms with van der Waals surface area (Å²) in [4.78, 5) is 8.58. The van der Waals surface area contributed by atoms with Crippen molar-refractivity contribution >= 4 is 18.4 Å². The lowest BCUT2D eigenvalue weighted by molar-refractivity contribution is 0.271. The van der Waals surface area contributed by atoms with E-state index in [1.807, 2.05) is 0 Å². The van der Waals surface area contributed by atoms with Gasteiger partial charge in [0.25, 0.3) is 5.78 Å². The molecular weight excluding hydrogens is 224 g/mol. The molecule has 83 valence electrons. The van der Waals surface area contributed by atoms with Crippen LogP contribution in [0.5, 0.6) is 0 Å². The fraction of sp³-hybridized carbons (Fsp3) is 0.500. The molecule has 2 aromatic rings. The van der Waals surface area contributed by atoms with Gasteiger partial charge in [-0.15, -0.1) is 5.10 Å². The summed E-state index contributed by atoms with van der Waals surface area (Å²) in [5.41, 5.74) is 2.18. The fourth-order valence-corrected chi connectivity index (χ4v) is 2.45. The fourth-order valence-electron chi connectivity index (χ4n) is 2.11. The van der Waals surface area contributed by atoms with Crippen LogP contribution in [-0.4, -0.2) is 24.7 Å². The second-order valence-corrected chi connectivity index (χ2v) is 4.33. The zero-order valence-corrected chi connectivity index (χ0v) is 9.50. The summed E-state index contributed by atoms with van der Waals surface area (Å²) in [6, 6.07) is 0. The lowest BCUT2D eigenvalue weighted by atomic mass is 9.97. The molecule has 1 radical (unpaired) electrons. The molecule has 6 heteroatoms. The Kier molecular flexibility index (Phi) is 2.26. The van der Waals surface area contributed by atoms with Crippen LogP contribution in [0.2, 0.25) is 0 Å². The van der Waals surface area contributed by atoms with E-state index < -0.39 is 0 Å². The van der Waals surface area contributed by atoms with Gasteiger partial charge in [0.05, 0.1) is 5.69 Å². The quantitative estimate of drug-likeness (QED) is 0.750. The van der Waals surface area contributed by atoms with Crippen LogP contribution in [0.4, 0.5) is 0 Å². The van der Waals surface area contributed by atoms with Crippen molar-refractivity contribution in [3.8, 4) is 0 Å². The van der Waals surface area contributed by atoms with E-state index in [4.69, 9.17) is 17.7 Å². The molecule has 0 saturated carbocycles. The van der Waals surface area contributed by atoms with Crippen molar-refractivity contribution in [1.29, 1.82) is 0 Å². The molecule has 0 aliphatic heterocycles. The first-order valence-corrected chi connectivity index (χ1v) is 5.75. The zero-order chi connectivity index (χ0) is 11.1. The molecule has 16 heavy (non-hydrogen) atoms. The highest BCUT2D eigenvalue weighted by Gasteiger charge is 2.19. The van der Waals surface area contributed by atoms with E-state index in [9.17, 15) is 0 Å². The monoisotopic (exact) mass is 235 g/mol. The van der Waals surface area contributed by atoms with Crippen LogP contribution < -0.4 is 0 Å². The van der Waals surface area contributed by atoms with Gasteiger partial charge >= 0.3 is 0 Å². The molecule has 0 saturated heterocycles. The molecule has 1 N–H and O–H groups in total. The largest absolute Gasteiger partial charge is 0.388 e. The van der Waals surface area contributed by atoms with Crippen LogP contribution in [-0.2, 0) is 19.4 Å². The molecule has 0 aromatic carbocycles. The van der Waals surface area contributed by atoms with Gasteiger partial charge in [0.2, 0.25) is 0 Å². The van der Waals surface area contributed by atoms with Crippen molar-refractivity contribution in [3.05, 3.63) is 17.1 Å². The molecule has 0 amide bonds. The van der Waals surface area contributed by atoms with Gasteiger partial charge in [0.1, 0.15) is 11.6 Å². The molecule has 1 aliphatic rings. The standard InChI is InChI=1S/C10H11N4OS/c15-5-8-12-10-11-7-4-2-1-3-6(7)9(16)14(10)13-8/h15H,1-5H2. The third-order valence-electron chi connectivity index (χ3n) is 2.90. The van der Waals surface area contributed by atoms with Crippen LogP contribution in [0.15, 0.2) is 5.03 Å². The second-order valence-electron chi connectivity index (χ2n) is 3.95. The van der Waals surface area contributed by atoms with Crippen molar-refractivity contribution in [2.24, 2.45) is 0 Å². The van der Waals surface area contributed by atoms with E-state index in [2.05, 4.69) is 15.1 Å². The lowest BCUT2D eigenvalue weighted by Crippen LogP contribution is -2.10. The highest BCUT2D eigenvalue weighted by atomic mass is 32.1. The predicted octanol–water partition coefficient (Wildman–Crippen LogP) is 1.05. The maximum atomic E-state index is 8.99. The number of aryl methyl sites for hydroxylation is 1. The summed E-state index contributed by atoms with van der Waals surface area (Å²) in [5, 5.41) is 13.8. The Hall–Kier alpha value is -1.27.